The van der Waals surface area contributed by atoms with Crippen LogP contribution >= 0.6 is 11.3 Å². The molecule has 0 atom stereocenters. The van der Waals surface area contributed by atoms with E-state index < -0.39 is 0 Å². The molecule has 19 heavy (non-hydrogen) atoms. The van der Waals surface area contributed by atoms with Gasteiger partial charge in [-0.05, 0) is 33.6 Å². The minimum absolute atomic E-state index is 0.595. The molecule has 0 amide bonds. The van der Waals surface area contributed by atoms with E-state index in [1.165, 1.54) is 30.6 Å². The summed E-state index contributed by atoms with van der Waals surface area (Å²) in [5, 5.41) is 7.94. The lowest BCUT2D eigenvalue weighted by Crippen LogP contribution is -2.42. The topological polar surface area (TPSA) is 49.3 Å². The Kier molecular flexibility index (Phi) is 5.19. The molecule has 0 aromatic carbocycles. The number of aromatic nitrogens is 1. The fraction of sp³-hybridized carbons (Fsp3) is 0.714. The standard InChI is InChI=1S/C14H24N4S/c1-4-15-14(18-12-7-5-6-8-12)16-9-13-17-10(2)11(3)19-13/h12H,4-9H2,1-3H3,(H2,15,16,18). The Morgan fingerprint density at radius 3 is 2.68 bits per heavy atom. The largest absolute Gasteiger partial charge is 0.357 e. The molecule has 0 spiro atoms. The predicted octanol–water partition coefficient (Wildman–Crippen LogP) is 2.76. The van der Waals surface area contributed by atoms with Crippen LogP contribution < -0.4 is 10.6 Å². The lowest BCUT2D eigenvalue weighted by Gasteiger charge is -2.16. The zero-order chi connectivity index (χ0) is 13.7. The third kappa shape index (κ3) is 4.20. The number of hydrogen-bond acceptors (Lipinski definition) is 3. The van der Waals surface area contributed by atoms with Crippen LogP contribution in [0.1, 0.15) is 48.2 Å². The van der Waals surface area contributed by atoms with Crippen molar-refractivity contribution in [1.82, 2.24) is 15.6 Å². The molecule has 1 fully saturated rings. The van der Waals surface area contributed by atoms with E-state index in [2.05, 4.69) is 41.4 Å². The normalized spacial score (nSPS) is 16.9. The molecule has 106 valence electrons. The van der Waals surface area contributed by atoms with E-state index in [1.54, 1.807) is 11.3 Å². The number of aryl methyl sites for hydroxylation is 2. The first-order chi connectivity index (χ1) is 9.19. The van der Waals surface area contributed by atoms with Crippen LogP contribution in [0.3, 0.4) is 0 Å². The molecule has 0 saturated heterocycles. The number of rotatable bonds is 4. The third-order valence-corrected chi connectivity index (χ3v) is 4.54. The summed E-state index contributed by atoms with van der Waals surface area (Å²) in [5.41, 5.74) is 1.13. The number of nitrogens with one attached hydrogen (secondary N) is 2. The first-order valence-corrected chi connectivity index (χ1v) is 7.98. The van der Waals surface area contributed by atoms with E-state index in [-0.39, 0.29) is 0 Å². The second-order valence-electron chi connectivity index (χ2n) is 5.07. The lowest BCUT2D eigenvalue weighted by molar-refractivity contribution is 0.614. The van der Waals surface area contributed by atoms with Crippen LogP contribution in [0.25, 0.3) is 0 Å². The van der Waals surface area contributed by atoms with Gasteiger partial charge in [-0.3, -0.25) is 0 Å². The van der Waals surface area contributed by atoms with Gasteiger partial charge in [0.15, 0.2) is 5.96 Å². The van der Waals surface area contributed by atoms with Gasteiger partial charge in [0.2, 0.25) is 0 Å². The quantitative estimate of drug-likeness (QED) is 0.658. The van der Waals surface area contributed by atoms with Gasteiger partial charge in [0.1, 0.15) is 5.01 Å². The van der Waals surface area contributed by atoms with Crippen molar-refractivity contribution in [3.05, 3.63) is 15.6 Å². The maximum absolute atomic E-state index is 4.64. The summed E-state index contributed by atoms with van der Waals surface area (Å²) in [6.07, 6.45) is 5.20. The van der Waals surface area contributed by atoms with Crippen LogP contribution in [0.15, 0.2) is 4.99 Å². The SMILES string of the molecule is CCNC(=NCc1nc(C)c(C)s1)NC1CCCC1. The van der Waals surface area contributed by atoms with E-state index in [4.69, 9.17) is 0 Å². The Balaban J connectivity index is 1.94. The summed E-state index contributed by atoms with van der Waals surface area (Å²) < 4.78 is 0. The Bertz CT molecular complexity index is 413. The first-order valence-electron chi connectivity index (χ1n) is 7.16. The molecule has 0 unspecified atom stereocenters. The molecular formula is C14H24N4S. The van der Waals surface area contributed by atoms with Crippen LogP contribution in [-0.4, -0.2) is 23.5 Å². The average Bonchev–Trinajstić information content (AvgIpc) is 2.98. The van der Waals surface area contributed by atoms with Crippen molar-refractivity contribution in [3.8, 4) is 0 Å². The van der Waals surface area contributed by atoms with E-state index >= 15 is 0 Å². The van der Waals surface area contributed by atoms with E-state index in [9.17, 15) is 0 Å². The molecule has 2 rings (SSSR count). The Morgan fingerprint density at radius 2 is 2.11 bits per heavy atom. The number of thiazole rings is 1. The molecule has 0 bridgehead atoms. The summed E-state index contributed by atoms with van der Waals surface area (Å²) in [7, 11) is 0. The fourth-order valence-electron chi connectivity index (χ4n) is 2.34. The molecule has 2 N–H and O–H groups in total. The second-order valence-corrected chi connectivity index (χ2v) is 6.36. The highest BCUT2D eigenvalue weighted by Crippen LogP contribution is 2.18. The maximum atomic E-state index is 4.64. The van der Waals surface area contributed by atoms with Gasteiger partial charge in [-0.1, -0.05) is 12.8 Å². The monoisotopic (exact) mass is 280 g/mol. The Morgan fingerprint density at radius 1 is 1.37 bits per heavy atom. The van der Waals surface area contributed by atoms with Crippen LogP contribution in [0.5, 0.6) is 0 Å². The highest BCUT2D eigenvalue weighted by Gasteiger charge is 2.15. The van der Waals surface area contributed by atoms with Crippen LogP contribution in [0, 0.1) is 13.8 Å². The van der Waals surface area contributed by atoms with Crippen molar-refractivity contribution in [2.75, 3.05) is 6.54 Å². The summed E-state index contributed by atoms with van der Waals surface area (Å²) in [6, 6.07) is 0.595. The fourth-order valence-corrected chi connectivity index (χ4v) is 3.20. The molecule has 1 aliphatic rings. The molecule has 0 radical (unpaired) electrons. The molecule has 1 heterocycles. The van der Waals surface area contributed by atoms with Crippen molar-refractivity contribution >= 4 is 17.3 Å². The molecule has 1 aromatic rings. The average molecular weight is 280 g/mol. The third-order valence-electron chi connectivity index (χ3n) is 3.49. The number of nitrogens with zero attached hydrogens (tertiary/aromatic N) is 2. The Hall–Kier alpha value is -1.10. The highest BCUT2D eigenvalue weighted by atomic mass is 32.1. The zero-order valence-corrected chi connectivity index (χ0v) is 12.9. The summed E-state index contributed by atoms with van der Waals surface area (Å²) in [5.74, 6) is 0.930. The van der Waals surface area contributed by atoms with Gasteiger partial charge in [0.05, 0.1) is 12.2 Å². The molecule has 1 saturated carbocycles. The van der Waals surface area contributed by atoms with Crippen LogP contribution in [0.2, 0.25) is 0 Å². The van der Waals surface area contributed by atoms with Crippen molar-refractivity contribution in [2.24, 2.45) is 4.99 Å². The van der Waals surface area contributed by atoms with Crippen molar-refractivity contribution in [3.63, 3.8) is 0 Å². The highest BCUT2D eigenvalue weighted by molar-refractivity contribution is 7.11. The molecule has 4 nitrogen and oxygen atoms in total. The lowest BCUT2D eigenvalue weighted by atomic mass is 10.2. The van der Waals surface area contributed by atoms with E-state index in [1.807, 2.05) is 0 Å². The predicted molar refractivity (Wildman–Crippen MR) is 81.8 cm³/mol. The van der Waals surface area contributed by atoms with Gasteiger partial charge >= 0.3 is 0 Å². The van der Waals surface area contributed by atoms with E-state index in [0.717, 1.165) is 23.2 Å². The summed E-state index contributed by atoms with van der Waals surface area (Å²) in [6.45, 7) is 7.84. The van der Waals surface area contributed by atoms with Crippen molar-refractivity contribution < 1.29 is 0 Å². The van der Waals surface area contributed by atoms with Gasteiger partial charge in [-0.2, -0.15) is 0 Å². The minimum atomic E-state index is 0.595. The molecular weight excluding hydrogens is 256 g/mol. The van der Waals surface area contributed by atoms with Crippen molar-refractivity contribution in [1.29, 1.82) is 0 Å². The van der Waals surface area contributed by atoms with Crippen LogP contribution in [-0.2, 0) is 6.54 Å². The zero-order valence-electron chi connectivity index (χ0n) is 12.1. The molecule has 1 aromatic heterocycles. The number of aliphatic imine (C=N–C) groups is 1. The first kappa shape index (κ1) is 14.3. The number of guanidine groups is 1. The Labute approximate surface area is 119 Å². The summed E-state index contributed by atoms with van der Waals surface area (Å²) in [4.78, 5) is 10.5. The van der Waals surface area contributed by atoms with Gasteiger partial charge in [-0.25, -0.2) is 9.98 Å². The minimum Gasteiger partial charge on any atom is -0.357 e. The molecule has 0 aliphatic heterocycles. The van der Waals surface area contributed by atoms with Crippen LogP contribution in [0.4, 0.5) is 0 Å². The summed E-state index contributed by atoms with van der Waals surface area (Å²) >= 11 is 1.74. The smallest absolute Gasteiger partial charge is 0.191 e. The van der Waals surface area contributed by atoms with Gasteiger partial charge in [0, 0.05) is 17.5 Å². The van der Waals surface area contributed by atoms with Gasteiger partial charge < -0.3 is 10.6 Å². The van der Waals surface area contributed by atoms with Crippen molar-refractivity contribution in [2.45, 2.75) is 59.0 Å². The second kappa shape index (κ2) is 6.89. The molecule has 1 aliphatic carbocycles. The maximum Gasteiger partial charge on any atom is 0.191 e. The van der Waals surface area contributed by atoms with E-state index in [0.29, 0.717) is 12.6 Å². The van der Waals surface area contributed by atoms with Gasteiger partial charge in [0.25, 0.3) is 0 Å². The van der Waals surface area contributed by atoms with Gasteiger partial charge in [-0.15, -0.1) is 11.3 Å². The molecule has 5 heteroatoms. The number of hydrogen-bond donors (Lipinski definition) is 2.